The van der Waals surface area contributed by atoms with Gasteiger partial charge in [-0.2, -0.15) is 0 Å². The average molecular weight is 487 g/mol. The van der Waals surface area contributed by atoms with E-state index in [-0.39, 0.29) is 4.90 Å². The van der Waals surface area contributed by atoms with Gasteiger partial charge in [0, 0.05) is 10.2 Å². The number of hydrogen-bond acceptors (Lipinski definition) is 3. The van der Waals surface area contributed by atoms with E-state index in [1.165, 1.54) is 12.1 Å². The second-order valence-corrected chi connectivity index (χ2v) is 9.03. The zero-order chi connectivity index (χ0) is 19.4. The van der Waals surface area contributed by atoms with E-state index in [9.17, 15) is 8.42 Å². The Labute approximate surface area is 176 Å². The fourth-order valence-electron chi connectivity index (χ4n) is 2.24. The van der Waals surface area contributed by atoms with Gasteiger partial charge in [0.15, 0.2) is 0 Å². The number of rotatable bonds is 6. The number of nitrogens with one attached hydrogen (secondary N) is 1. The van der Waals surface area contributed by atoms with Crippen molar-refractivity contribution in [3.8, 4) is 5.75 Å². The molecule has 8 heteroatoms. The molecule has 140 valence electrons. The minimum Gasteiger partial charge on any atom is -0.489 e. The number of halogens is 3. The second-order valence-electron chi connectivity index (χ2n) is 5.62. The van der Waals surface area contributed by atoms with Gasteiger partial charge in [0.05, 0.1) is 14.9 Å². The average Bonchev–Trinajstić information content (AvgIpc) is 2.64. The minimum absolute atomic E-state index is 0.186. The van der Waals surface area contributed by atoms with Gasteiger partial charge >= 0.3 is 0 Å². The molecule has 3 rings (SSSR count). The van der Waals surface area contributed by atoms with E-state index < -0.39 is 10.0 Å². The molecular formula is C19H14BrCl2NO3S. The molecule has 0 aliphatic heterocycles. The molecule has 27 heavy (non-hydrogen) atoms. The third kappa shape index (κ3) is 5.39. The van der Waals surface area contributed by atoms with E-state index in [4.69, 9.17) is 27.9 Å². The lowest BCUT2D eigenvalue weighted by atomic mass is 10.2. The van der Waals surface area contributed by atoms with Crippen LogP contribution in [0.15, 0.2) is 76.1 Å². The van der Waals surface area contributed by atoms with Crippen molar-refractivity contribution in [3.05, 3.63) is 86.8 Å². The topological polar surface area (TPSA) is 55.4 Å². The number of benzene rings is 3. The van der Waals surface area contributed by atoms with Crippen LogP contribution in [0.2, 0.25) is 10.0 Å². The molecule has 0 aliphatic rings. The molecule has 0 atom stereocenters. The van der Waals surface area contributed by atoms with Crippen molar-refractivity contribution in [1.82, 2.24) is 0 Å². The molecule has 0 fully saturated rings. The highest BCUT2D eigenvalue weighted by molar-refractivity contribution is 9.10. The predicted molar refractivity (Wildman–Crippen MR) is 112 cm³/mol. The molecule has 3 aromatic rings. The Balaban J connectivity index is 1.64. The standard InChI is InChI=1S/C19H14BrCl2NO3S/c20-14-2-8-17(9-3-14)27(24,25)23-15-4-6-16(7-5-15)26-12-13-1-10-18(21)19(22)11-13/h1-11,23H,12H2. The minimum atomic E-state index is -3.65. The maximum absolute atomic E-state index is 12.4. The van der Waals surface area contributed by atoms with Crippen LogP contribution < -0.4 is 9.46 Å². The SMILES string of the molecule is O=S(=O)(Nc1ccc(OCc2ccc(Cl)c(Cl)c2)cc1)c1ccc(Br)cc1. The van der Waals surface area contributed by atoms with Crippen LogP contribution in [0.25, 0.3) is 0 Å². The summed E-state index contributed by atoms with van der Waals surface area (Å²) in [6.07, 6.45) is 0. The summed E-state index contributed by atoms with van der Waals surface area (Å²) in [5.41, 5.74) is 1.32. The molecule has 0 unspecified atom stereocenters. The van der Waals surface area contributed by atoms with Crippen LogP contribution in [0, 0.1) is 0 Å². The fraction of sp³-hybridized carbons (Fsp3) is 0.0526. The Hall–Kier alpha value is -1.73. The van der Waals surface area contributed by atoms with Gasteiger partial charge in [0.1, 0.15) is 12.4 Å². The lowest BCUT2D eigenvalue weighted by molar-refractivity contribution is 0.306. The van der Waals surface area contributed by atoms with Gasteiger partial charge in [-0.05, 0) is 66.2 Å². The fourth-order valence-corrected chi connectivity index (χ4v) is 3.89. The third-order valence-electron chi connectivity index (χ3n) is 3.62. The molecule has 1 N–H and O–H groups in total. The predicted octanol–water partition coefficient (Wildman–Crippen LogP) is 6.14. The van der Waals surface area contributed by atoms with E-state index in [2.05, 4.69) is 20.7 Å². The van der Waals surface area contributed by atoms with Crippen LogP contribution in [0.5, 0.6) is 5.75 Å². The van der Waals surface area contributed by atoms with Crippen molar-refractivity contribution >= 4 is 54.8 Å². The Morgan fingerprint density at radius 1 is 0.889 bits per heavy atom. The smallest absolute Gasteiger partial charge is 0.261 e. The number of anilines is 1. The van der Waals surface area contributed by atoms with Gasteiger partial charge in [-0.1, -0.05) is 45.2 Å². The van der Waals surface area contributed by atoms with E-state index in [1.54, 1.807) is 48.5 Å². The van der Waals surface area contributed by atoms with Gasteiger partial charge < -0.3 is 4.74 Å². The van der Waals surface area contributed by atoms with Crippen molar-refractivity contribution in [3.63, 3.8) is 0 Å². The summed E-state index contributed by atoms with van der Waals surface area (Å²) in [6, 6.07) is 18.3. The Kier molecular flexibility index (Phi) is 6.32. The molecular weight excluding hydrogens is 473 g/mol. The molecule has 0 bridgehead atoms. The van der Waals surface area contributed by atoms with Gasteiger partial charge in [0.25, 0.3) is 10.0 Å². The lowest BCUT2D eigenvalue weighted by Gasteiger charge is -2.10. The molecule has 0 aromatic heterocycles. The monoisotopic (exact) mass is 485 g/mol. The summed E-state index contributed by atoms with van der Waals surface area (Å²) in [7, 11) is -3.65. The van der Waals surface area contributed by atoms with Crippen LogP contribution in [0.1, 0.15) is 5.56 Å². The normalized spacial score (nSPS) is 11.2. The largest absolute Gasteiger partial charge is 0.489 e. The van der Waals surface area contributed by atoms with Gasteiger partial charge in [-0.15, -0.1) is 0 Å². The van der Waals surface area contributed by atoms with E-state index in [0.29, 0.717) is 28.1 Å². The summed E-state index contributed by atoms with van der Waals surface area (Å²) in [6.45, 7) is 0.320. The molecule has 0 amide bonds. The van der Waals surface area contributed by atoms with Gasteiger partial charge in [-0.3, -0.25) is 4.72 Å². The van der Waals surface area contributed by atoms with Crippen molar-refractivity contribution in [2.45, 2.75) is 11.5 Å². The first-order valence-electron chi connectivity index (χ1n) is 7.79. The summed E-state index contributed by atoms with van der Waals surface area (Å²) >= 11 is 15.2. The first-order chi connectivity index (χ1) is 12.8. The molecule has 3 aromatic carbocycles. The number of ether oxygens (including phenoxy) is 1. The Morgan fingerprint density at radius 3 is 2.19 bits per heavy atom. The van der Waals surface area contributed by atoms with Crippen LogP contribution in [0.3, 0.4) is 0 Å². The van der Waals surface area contributed by atoms with E-state index >= 15 is 0 Å². The van der Waals surface area contributed by atoms with Crippen molar-refractivity contribution < 1.29 is 13.2 Å². The zero-order valence-corrected chi connectivity index (χ0v) is 17.7. The Bertz CT molecular complexity index is 1040. The molecule has 0 aliphatic carbocycles. The summed E-state index contributed by atoms with van der Waals surface area (Å²) < 4.78 is 33.8. The van der Waals surface area contributed by atoms with Gasteiger partial charge in [0.2, 0.25) is 0 Å². The molecule has 0 saturated heterocycles. The summed E-state index contributed by atoms with van der Waals surface area (Å²) in [5, 5.41) is 0.957. The van der Waals surface area contributed by atoms with Gasteiger partial charge in [-0.25, -0.2) is 8.42 Å². The van der Waals surface area contributed by atoms with Crippen LogP contribution in [0.4, 0.5) is 5.69 Å². The highest BCUT2D eigenvalue weighted by Crippen LogP contribution is 2.24. The first-order valence-corrected chi connectivity index (χ1v) is 10.8. The van der Waals surface area contributed by atoms with Crippen molar-refractivity contribution in [2.24, 2.45) is 0 Å². The molecule has 0 saturated carbocycles. The highest BCUT2D eigenvalue weighted by atomic mass is 79.9. The quantitative estimate of drug-likeness (QED) is 0.455. The maximum Gasteiger partial charge on any atom is 0.261 e. The first kappa shape index (κ1) is 20.0. The van der Waals surface area contributed by atoms with Crippen molar-refractivity contribution in [1.29, 1.82) is 0 Å². The van der Waals surface area contributed by atoms with Crippen molar-refractivity contribution in [2.75, 3.05) is 4.72 Å². The molecule has 0 radical (unpaired) electrons. The second kappa shape index (κ2) is 8.52. The van der Waals surface area contributed by atoms with E-state index in [1.807, 2.05) is 6.07 Å². The molecule has 0 heterocycles. The maximum atomic E-state index is 12.4. The number of sulfonamides is 1. The number of hydrogen-bond donors (Lipinski definition) is 1. The lowest BCUT2D eigenvalue weighted by Crippen LogP contribution is -2.12. The zero-order valence-electron chi connectivity index (χ0n) is 13.8. The van der Waals surface area contributed by atoms with E-state index in [0.717, 1.165) is 10.0 Å². The Morgan fingerprint density at radius 2 is 1.56 bits per heavy atom. The van der Waals surface area contributed by atoms with Crippen LogP contribution in [-0.4, -0.2) is 8.42 Å². The highest BCUT2D eigenvalue weighted by Gasteiger charge is 2.13. The molecule has 4 nitrogen and oxygen atoms in total. The van der Waals surface area contributed by atoms with Crippen LogP contribution in [-0.2, 0) is 16.6 Å². The summed E-state index contributed by atoms with van der Waals surface area (Å²) in [4.78, 5) is 0.186. The van der Waals surface area contributed by atoms with Crippen LogP contribution >= 0.6 is 39.1 Å². The molecule has 0 spiro atoms. The third-order valence-corrected chi connectivity index (χ3v) is 6.28. The summed E-state index contributed by atoms with van der Waals surface area (Å²) in [5.74, 6) is 0.604.